The molecule has 4 heterocycles. The number of para-hydroxylation sites is 3. The molecule has 0 atom stereocenters. The summed E-state index contributed by atoms with van der Waals surface area (Å²) in [5.74, 6) is 1.74. The lowest BCUT2D eigenvalue weighted by Crippen LogP contribution is -2.00. The zero-order chi connectivity index (χ0) is 38.2. The van der Waals surface area contributed by atoms with Crippen LogP contribution in [0, 0.1) is 0 Å². The standard InChI is InChI=1S/C52H30N4O2/c1-3-12-32(13-4-1)48-39-27-29-45-47(38-17-8-10-21-44(38)57-45)46(39)41-30-35(26-28-42(41)53-48)31-22-24-34(25-23-31)51-54-50(33-14-5-2-6-15-33)55-52(56-51)40-19-11-18-37-36-16-7-9-20-43(36)58-49(37)40/h1-30H. The predicted octanol–water partition coefficient (Wildman–Crippen LogP) is 13.7. The van der Waals surface area contributed by atoms with Crippen LogP contribution in [0.25, 0.3) is 122 Å². The van der Waals surface area contributed by atoms with Gasteiger partial charge in [-0.2, -0.15) is 0 Å². The summed E-state index contributed by atoms with van der Waals surface area (Å²) in [4.78, 5) is 20.4. The molecule has 6 heteroatoms. The van der Waals surface area contributed by atoms with Crippen LogP contribution in [0.2, 0.25) is 0 Å². The first kappa shape index (κ1) is 32.3. The summed E-state index contributed by atoms with van der Waals surface area (Å²) in [5.41, 5.74) is 11.0. The summed E-state index contributed by atoms with van der Waals surface area (Å²) in [6.07, 6.45) is 0. The van der Waals surface area contributed by atoms with Gasteiger partial charge in [-0.3, -0.25) is 0 Å². The summed E-state index contributed by atoms with van der Waals surface area (Å²) >= 11 is 0. The van der Waals surface area contributed by atoms with Crippen molar-refractivity contribution in [1.29, 1.82) is 0 Å². The molecule has 0 N–H and O–H groups in total. The Bertz CT molecular complexity index is 3560. The SMILES string of the molecule is c1ccc(-c2nc(-c3ccc(-c4ccc5nc(-c6ccccc6)c6ccc7oc8ccccc8c7c6c5c4)cc3)nc(-c3cccc4c3oc3ccccc34)n2)cc1. The van der Waals surface area contributed by atoms with Crippen LogP contribution in [-0.2, 0) is 0 Å². The van der Waals surface area contributed by atoms with E-state index in [-0.39, 0.29) is 0 Å². The zero-order valence-corrected chi connectivity index (χ0v) is 30.9. The van der Waals surface area contributed by atoms with Crippen molar-refractivity contribution in [3.8, 4) is 56.5 Å². The fraction of sp³-hybridized carbons (Fsp3) is 0. The first-order valence-electron chi connectivity index (χ1n) is 19.3. The highest BCUT2D eigenvalue weighted by atomic mass is 16.3. The van der Waals surface area contributed by atoms with Crippen LogP contribution < -0.4 is 0 Å². The highest BCUT2D eigenvalue weighted by Crippen LogP contribution is 2.42. The van der Waals surface area contributed by atoms with Crippen molar-refractivity contribution in [3.05, 3.63) is 182 Å². The third kappa shape index (κ3) is 5.12. The number of hydrogen-bond acceptors (Lipinski definition) is 6. The van der Waals surface area contributed by atoms with Crippen LogP contribution in [0.15, 0.2) is 191 Å². The maximum Gasteiger partial charge on any atom is 0.167 e. The Labute approximate surface area is 331 Å². The first-order valence-corrected chi connectivity index (χ1v) is 19.3. The van der Waals surface area contributed by atoms with E-state index in [9.17, 15) is 0 Å². The van der Waals surface area contributed by atoms with Crippen LogP contribution >= 0.6 is 0 Å². The maximum absolute atomic E-state index is 6.41. The molecule has 270 valence electrons. The van der Waals surface area contributed by atoms with Gasteiger partial charge in [-0.05, 0) is 53.6 Å². The Morgan fingerprint density at radius 1 is 0.310 bits per heavy atom. The van der Waals surface area contributed by atoms with Crippen LogP contribution in [0.4, 0.5) is 0 Å². The van der Waals surface area contributed by atoms with Crippen molar-refractivity contribution in [3.63, 3.8) is 0 Å². The van der Waals surface area contributed by atoms with Crippen LogP contribution in [-0.4, -0.2) is 19.9 Å². The lowest BCUT2D eigenvalue weighted by molar-refractivity contribution is 0.669. The Hall–Kier alpha value is -7.96. The highest BCUT2D eigenvalue weighted by Gasteiger charge is 2.20. The van der Waals surface area contributed by atoms with E-state index in [0.29, 0.717) is 17.5 Å². The lowest BCUT2D eigenvalue weighted by atomic mass is 9.94. The number of nitrogens with zero attached hydrogens (tertiary/aromatic N) is 4. The quantitative estimate of drug-likeness (QED) is 0.163. The van der Waals surface area contributed by atoms with E-state index in [1.807, 2.05) is 78.9 Å². The Balaban J connectivity index is 1.01. The smallest absolute Gasteiger partial charge is 0.167 e. The van der Waals surface area contributed by atoms with Crippen molar-refractivity contribution in [1.82, 2.24) is 19.9 Å². The number of pyridine rings is 1. The molecule has 0 fully saturated rings. The minimum absolute atomic E-state index is 0.555. The van der Waals surface area contributed by atoms with Crippen LogP contribution in [0.3, 0.4) is 0 Å². The van der Waals surface area contributed by atoms with Gasteiger partial charge in [0, 0.05) is 54.4 Å². The van der Waals surface area contributed by atoms with E-state index in [4.69, 9.17) is 28.8 Å². The normalized spacial score (nSPS) is 11.8. The molecule has 6 nitrogen and oxygen atoms in total. The second kappa shape index (κ2) is 12.8. The van der Waals surface area contributed by atoms with Crippen molar-refractivity contribution in [2.75, 3.05) is 0 Å². The Kier molecular flexibility index (Phi) is 7.13. The molecule has 4 aromatic heterocycles. The van der Waals surface area contributed by atoms with Gasteiger partial charge in [0.25, 0.3) is 0 Å². The highest BCUT2D eigenvalue weighted by molar-refractivity contribution is 6.28. The van der Waals surface area contributed by atoms with E-state index in [2.05, 4.69) is 103 Å². The monoisotopic (exact) mass is 742 g/mol. The van der Waals surface area contributed by atoms with Gasteiger partial charge >= 0.3 is 0 Å². The van der Waals surface area contributed by atoms with Gasteiger partial charge in [-0.1, -0.05) is 140 Å². The molecular formula is C52H30N4O2. The Morgan fingerprint density at radius 2 is 0.914 bits per heavy atom. The number of fused-ring (bicyclic) bond motifs is 10. The second-order valence-electron chi connectivity index (χ2n) is 14.5. The molecule has 0 saturated heterocycles. The fourth-order valence-electron chi connectivity index (χ4n) is 8.38. The van der Waals surface area contributed by atoms with E-state index in [1.165, 1.54) is 0 Å². The summed E-state index contributed by atoms with van der Waals surface area (Å²) < 4.78 is 12.8. The molecule has 0 radical (unpaired) electrons. The molecule has 12 aromatic rings. The van der Waals surface area contributed by atoms with E-state index >= 15 is 0 Å². The molecule has 12 rings (SSSR count). The topological polar surface area (TPSA) is 77.8 Å². The van der Waals surface area contributed by atoms with Gasteiger partial charge in [0.1, 0.15) is 22.3 Å². The molecule has 0 aliphatic carbocycles. The number of rotatable bonds is 5. The van der Waals surface area contributed by atoms with Crippen molar-refractivity contribution in [2.24, 2.45) is 0 Å². The molecule has 8 aromatic carbocycles. The maximum atomic E-state index is 6.41. The molecular weight excluding hydrogens is 713 g/mol. The third-order valence-electron chi connectivity index (χ3n) is 11.1. The van der Waals surface area contributed by atoms with Gasteiger partial charge in [0.15, 0.2) is 17.5 Å². The largest absolute Gasteiger partial charge is 0.456 e. The Morgan fingerprint density at radius 3 is 1.69 bits per heavy atom. The van der Waals surface area contributed by atoms with Gasteiger partial charge in [-0.15, -0.1) is 0 Å². The first-order chi connectivity index (χ1) is 28.7. The van der Waals surface area contributed by atoms with Gasteiger partial charge in [0.05, 0.1) is 16.8 Å². The van der Waals surface area contributed by atoms with Crippen LogP contribution in [0.1, 0.15) is 0 Å². The van der Waals surface area contributed by atoms with E-state index < -0.39 is 0 Å². The van der Waals surface area contributed by atoms with Gasteiger partial charge in [0.2, 0.25) is 0 Å². The summed E-state index contributed by atoms with van der Waals surface area (Å²) in [5, 5.41) is 7.57. The molecule has 0 aliphatic heterocycles. The summed E-state index contributed by atoms with van der Waals surface area (Å²) in [6, 6.07) is 62.2. The van der Waals surface area contributed by atoms with Crippen LogP contribution in [0.5, 0.6) is 0 Å². The molecule has 0 unspecified atom stereocenters. The number of hydrogen-bond donors (Lipinski definition) is 0. The second-order valence-corrected chi connectivity index (χ2v) is 14.5. The summed E-state index contributed by atoms with van der Waals surface area (Å²) in [7, 11) is 0. The minimum Gasteiger partial charge on any atom is -0.456 e. The molecule has 0 saturated carbocycles. The average molecular weight is 743 g/mol. The number of aromatic nitrogens is 4. The zero-order valence-electron chi connectivity index (χ0n) is 30.9. The third-order valence-corrected chi connectivity index (χ3v) is 11.1. The fourth-order valence-corrected chi connectivity index (χ4v) is 8.38. The van der Waals surface area contributed by atoms with Gasteiger partial charge in [-0.25, -0.2) is 19.9 Å². The number of furan rings is 2. The molecule has 58 heavy (non-hydrogen) atoms. The lowest BCUT2D eigenvalue weighted by Gasteiger charge is -2.13. The van der Waals surface area contributed by atoms with Gasteiger partial charge < -0.3 is 8.83 Å². The van der Waals surface area contributed by atoms with Crippen molar-refractivity contribution < 1.29 is 8.83 Å². The van der Waals surface area contributed by atoms with Crippen molar-refractivity contribution >= 4 is 65.6 Å². The number of benzene rings is 8. The summed E-state index contributed by atoms with van der Waals surface area (Å²) in [6.45, 7) is 0. The van der Waals surface area contributed by atoms with Crippen molar-refractivity contribution in [2.45, 2.75) is 0 Å². The average Bonchev–Trinajstić information content (AvgIpc) is 3.88. The predicted molar refractivity (Wildman–Crippen MR) is 234 cm³/mol. The molecule has 0 amide bonds. The van der Waals surface area contributed by atoms with E-state index in [1.54, 1.807) is 0 Å². The molecule has 0 spiro atoms. The molecule has 0 bridgehead atoms. The van der Waals surface area contributed by atoms with E-state index in [0.717, 1.165) is 105 Å². The molecule has 0 aliphatic rings. The minimum atomic E-state index is 0.555.